The highest BCUT2D eigenvalue weighted by Gasteiger charge is 2.13. The Bertz CT molecular complexity index is 562. The van der Waals surface area contributed by atoms with Gasteiger partial charge in [-0.1, -0.05) is 13.8 Å². The Labute approximate surface area is 111 Å². The van der Waals surface area contributed by atoms with Crippen LogP contribution in [0.4, 0.5) is 0 Å². The minimum absolute atomic E-state index is 0.277. The average Bonchev–Trinajstić information content (AvgIpc) is 2.67. The van der Waals surface area contributed by atoms with Crippen molar-refractivity contribution >= 4 is 11.6 Å². The van der Waals surface area contributed by atoms with E-state index in [0.717, 1.165) is 28.9 Å². The van der Waals surface area contributed by atoms with Crippen molar-refractivity contribution in [2.24, 2.45) is 0 Å². The summed E-state index contributed by atoms with van der Waals surface area (Å²) in [4.78, 5) is 13.1. The second-order valence-corrected chi connectivity index (χ2v) is 4.73. The fourth-order valence-electron chi connectivity index (χ4n) is 1.73. The minimum atomic E-state index is 0.277. The Hall–Kier alpha value is -1.49. The maximum absolute atomic E-state index is 5.97. The zero-order valence-electron chi connectivity index (χ0n) is 11.0. The number of hydrogen-bond acceptors (Lipinski definition) is 4. The molecule has 18 heavy (non-hydrogen) atoms. The Morgan fingerprint density at radius 2 is 2.00 bits per heavy atom. The normalized spacial score (nSPS) is 11.2. The van der Waals surface area contributed by atoms with Gasteiger partial charge >= 0.3 is 0 Å². The van der Waals surface area contributed by atoms with Crippen molar-refractivity contribution in [1.29, 1.82) is 0 Å². The van der Waals surface area contributed by atoms with Crippen molar-refractivity contribution in [2.45, 2.75) is 39.5 Å². The average molecular weight is 266 g/mol. The predicted octanol–water partition coefficient (Wildman–Crippen LogP) is 2.54. The largest absolute Gasteiger partial charge is 0.239 e. The Kier molecular flexibility index (Phi) is 3.61. The van der Waals surface area contributed by atoms with Crippen LogP contribution < -0.4 is 0 Å². The van der Waals surface area contributed by atoms with E-state index in [0.29, 0.717) is 5.88 Å². The summed E-state index contributed by atoms with van der Waals surface area (Å²) in [5.74, 6) is 2.93. The summed E-state index contributed by atoms with van der Waals surface area (Å²) in [5, 5.41) is 4.33. The van der Waals surface area contributed by atoms with Crippen molar-refractivity contribution in [3.63, 3.8) is 0 Å². The van der Waals surface area contributed by atoms with Gasteiger partial charge in [-0.2, -0.15) is 5.10 Å². The molecule has 0 radical (unpaired) electrons. The molecule has 0 aliphatic heterocycles. The van der Waals surface area contributed by atoms with Gasteiger partial charge < -0.3 is 0 Å². The molecular weight excluding hydrogens is 250 g/mol. The molecule has 6 heteroatoms. The molecule has 0 aliphatic rings. The fraction of sp³-hybridized carbons (Fsp3) is 0.500. The Morgan fingerprint density at radius 1 is 1.28 bits per heavy atom. The van der Waals surface area contributed by atoms with Gasteiger partial charge in [0, 0.05) is 5.92 Å². The number of halogens is 1. The summed E-state index contributed by atoms with van der Waals surface area (Å²) < 4.78 is 1.73. The van der Waals surface area contributed by atoms with E-state index in [2.05, 4.69) is 33.9 Å². The summed E-state index contributed by atoms with van der Waals surface area (Å²) >= 11 is 5.97. The zero-order chi connectivity index (χ0) is 13.3. The van der Waals surface area contributed by atoms with Crippen LogP contribution in [0, 0.1) is 13.8 Å². The zero-order valence-corrected chi connectivity index (χ0v) is 11.7. The van der Waals surface area contributed by atoms with E-state index in [1.807, 2.05) is 13.8 Å². The second-order valence-electron chi connectivity index (χ2n) is 4.47. The smallest absolute Gasteiger partial charge is 0.148 e. The molecule has 0 saturated heterocycles. The summed E-state index contributed by atoms with van der Waals surface area (Å²) in [7, 11) is 0. The van der Waals surface area contributed by atoms with Gasteiger partial charge in [-0.25, -0.2) is 19.6 Å². The number of nitrogens with zero attached hydrogens (tertiary/aromatic N) is 5. The van der Waals surface area contributed by atoms with Gasteiger partial charge in [0.15, 0.2) is 0 Å². The molecule has 5 nitrogen and oxygen atoms in total. The van der Waals surface area contributed by atoms with E-state index in [-0.39, 0.29) is 5.92 Å². The first-order chi connectivity index (χ1) is 8.52. The molecule has 0 atom stereocenters. The minimum Gasteiger partial charge on any atom is -0.239 e. The fourth-order valence-corrected chi connectivity index (χ4v) is 1.93. The summed E-state index contributed by atoms with van der Waals surface area (Å²) in [6.45, 7) is 7.86. The topological polar surface area (TPSA) is 56.5 Å². The number of rotatable bonds is 3. The molecule has 0 aromatic carbocycles. The van der Waals surface area contributed by atoms with Crippen molar-refractivity contribution < 1.29 is 0 Å². The van der Waals surface area contributed by atoms with E-state index in [1.165, 1.54) is 0 Å². The third kappa shape index (κ3) is 2.36. The first-order valence-corrected chi connectivity index (χ1v) is 6.38. The van der Waals surface area contributed by atoms with Crippen LogP contribution >= 0.6 is 11.6 Å². The SMILES string of the molecule is Cc1nc(C)n(-c2cnc(C(C)C)nc2CCl)n1. The molecule has 0 fully saturated rings. The molecule has 0 spiro atoms. The van der Waals surface area contributed by atoms with Crippen LogP contribution in [-0.4, -0.2) is 24.7 Å². The van der Waals surface area contributed by atoms with E-state index < -0.39 is 0 Å². The molecule has 0 aliphatic carbocycles. The monoisotopic (exact) mass is 265 g/mol. The molecule has 2 aromatic rings. The predicted molar refractivity (Wildman–Crippen MR) is 70.1 cm³/mol. The van der Waals surface area contributed by atoms with Gasteiger partial charge in [-0.15, -0.1) is 11.6 Å². The van der Waals surface area contributed by atoms with Crippen molar-refractivity contribution in [1.82, 2.24) is 24.7 Å². The van der Waals surface area contributed by atoms with E-state index in [1.54, 1.807) is 10.9 Å². The van der Waals surface area contributed by atoms with Crippen LogP contribution in [0.5, 0.6) is 0 Å². The van der Waals surface area contributed by atoms with Gasteiger partial charge in [0.25, 0.3) is 0 Å². The molecule has 2 aromatic heterocycles. The third-order valence-electron chi connectivity index (χ3n) is 2.61. The van der Waals surface area contributed by atoms with Gasteiger partial charge in [-0.3, -0.25) is 0 Å². The molecule has 0 N–H and O–H groups in total. The highest BCUT2D eigenvalue weighted by Crippen LogP contribution is 2.18. The van der Waals surface area contributed by atoms with Crippen LogP contribution in [0.3, 0.4) is 0 Å². The lowest BCUT2D eigenvalue weighted by Crippen LogP contribution is -2.09. The molecule has 0 saturated carbocycles. The lowest BCUT2D eigenvalue weighted by Gasteiger charge is -2.10. The quantitative estimate of drug-likeness (QED) is 0.801. The molecule has 2 rings (SSSR count). The first kappa shape index (κ1) is 13.0. The highest BCUT2D eigenvalue weighted by molar-refractivity contribution is 6.17. The van der Waals surface area contributed by atoms with E-state index >= 15 is 0 Å². The van der Waals surface area contributed by atoms with Crippen LogP contribution in [0.1, 0.15) is 42.9 Å². The van der Waals surface area contributed by atoms with Crippen molar-refractivity contribution in [3.8, 4) is 5.69 Å². The lowest BCUT2D eigenvalue weighted by molar-refractivity contribution is 0.741. The molecule has 0 amide bonds. The Balaban J connectivity index is 2.54. The number of aromatic nitrogens is 5. The van der Waals surface area contributed by atoms with Gasteiger partial charge in [-0.05, 0) is 13.8 Å². The van der Waals surface area contributed by atoms with Crippen molar-refractivity contribution in [3.05, 3.63) is 29.4 Å². The van der Waals surface area contributed by atoms with Crippen molar-refractivity contribution in [2.75, 3.05) is 0 Å². The molecular formula is C12H16ClN5. The third-order valence-corrected chi connectivity index (χ3v) is 2.86. The molecule has 2 heterocycles. The number of alkyl halides is 1. The molecule has 0 unspecified atom stereocenters. The number of aryl methyl sites for hydroxylation is 2. The van der Waals surface area contributed by atoms with Crippen LogP contribution in [-0.2, 0) is 5.88 Å². The molecule has 96 valence electrons. The van der Waals surface area contributed by atoms with E-state index in [9.17, 15) is 0 Å². The van der Waals surface area contributed by atoms with Crippen LogP contribution in [0.25, 0.3) is 5.69 Å². The van der Waals surface area contributed by atoms with Gasteiger partial charge in [0.2, 0.25) is 0 Å². The standard InChI is InChI=1S/C12H16ClN5/c1-7(2)12-14-6-11(10(5-13)16-12)18-9(4)15-8(3)17-18/h6-7H,5H2,1-4H3. The maximum atomic E-state index is 5.97. The number of hydrogen-bond donors (Lipinski definition) is 0. The van der Waals surface area contributed by atoms with Gasteiger partial charge in [0.1, 0.15) is 23.2 Å². The first-order valence-electron chi connectivity index (χ1n) is 5.85. The Morgan fingerprint density at radius 3 is 2.50 bits per heavy atom. The second kappa shape index (κ2) is 5.02. The summed E-state index contributed by atoms with van der Waals surface area (Å²) in [6.07, 6.45) is 1.77. The lowest BCUT2D eigenvalue weighted by atomic mass is 10.2. The van der Waals surface area contributed by atoms with Crippen LogP contribution in [0.15, 0.2) is 6.20 Å². The van der Waals surface area contributed by atoms with E-state index in [4.69, 9.17) is 11.6 Å². The summed E-state index contributed by atoms with van der Waals surface area (Å²) in [6, 6.07) is 0. The van der Waals surface area contributed by atoms with Crippen LogP contribution in [0.2, 0.25) is 0 Å². The summed E-state index contributed by atoms with van der Waals surface area (Å²) in [5.41, 5.74) is 1.58. The van der Waals surface area contributed by atoms with Gasteiger partial charge in [0.05, 0.1) is 17.8 Å². The highest BCUT2D eigenvalue weighted by atomic mass is 35.5. The maximum Gasteiger partial charge on any atom is 0.148 e. The molecule has 0 bridgehead atoms.